The van der Waals surface area contributed by atoms with E-state index in [2.05, 4.69) is 36.2 Å². The van der Waals surface area contributed by atoms with Crippen molar-refractivity contribution in [1.29, 1.82) is 0 Å². The lowest BCUT2D eigenvalue weighted by Gasteiger charge is -2.31. The number of aromatic nitrogens is 1. The van der Waals surface area contributed by atoms with Gasteiger partial charge in [-0.05, 0) is 74.5 Å². The Morgan fingerprint density at radius 3 is 2.12 bits per heavy atom. The van der Waals surface area contributed by atoms with Gasteiger partial charge in [0.25, 0.3) is 0 Å². The number of hydrogen-bond donors (Lipinski definition) is 11. The molecule has 0 spiro atoms. The molecular weight excluding hydrogens is 775 g/mol. The highest BCUT2D eigenvalue weighted by Crippen LogP contribution is 2.23. The Balaban J connectivity index is 1.89. The number of aliphatic imine (C=N–C) groups is 2. The Kier molecular flexibility index (Phi) is 19.1. The maximum absolute atomic E-state index is 14.3. The monoisotopic (exact) mass is 840 g/mol. The van der Waals surface area contributed by atoms with Crippen LogP contribution in [0.25, 0.3) is 10.9 Å². The summed E-state index contributed by atoms with van der Waals surface area (Å²) in [7, 11) is 0. The molecule has 0 bridgehead atoms. The van der Waals surface area contributed by atoms with Crippen molar-refractivity contribution < 1.29 is 33.9 Å². The van der Waals surface area contributed by atoms with E-state index in [1.807, 2.05) is 45.0 Å². The number of nitrogens with one attached hydrogen (secondary N) is 5. The van der Waals surface area contributed by atoms with Gasteiger partial charge in [0, 0.05) is 43.2 Å². The minimum atomic E-state index is -1.21. The standard InChI is InChI=1S/C40H65N13O7/c1-5-23(4)32(36(57)51-30(38(59)60)20-22(2)3)52-34(55)29(21-24-10-6-12-27-25(24)15-18-46-27)50-35(56)31-14-9-19-53(31)37(58)28(13-8-17-48-40(44)45)49-33(54)26(41)11-7-16-47-39(42)43/h6,10,12,15,18,22-23,26,28-32,46H,5,7-9,11,13-14,16-17,19-21,41H2,1-4H3,(H,49,54)(H,50,56)(H,51,57)(H,52,55)(H,59,60)(H4,42,43,47)(H4,44,45,48)/t23-,26-,28-,29-,30-,31-,32-/m0/s1. The molecule has 20 heteroatoms. The van der Waals surface area contributed by atoms with Crippen LogP contribution in [0, 0.1) is 11.8 Å². The summed E-state index contributed by atoms with van der Waals surface area (Å²) in [5.74, 6) is -4.84. The number of hydrogen-bond acceptors (Lipinski definition) is 9. The molecule has 1 aromatic heterocycles. The Hall–Kier alpha value is -5.92. The molecule has 20 nitrogen and oxygen atoms in total. The first-order chi connectivity index (χ1) is 28.4. The maximum atomic E-state index is 14.3. The van der Waals surface area contributed by atoms with Crippen molar-refractivity contribution in [3.05, 3.63) is 36.0 Å². The van der Waals surface area contributed by atoms with Crippen LogP contribution in [0.15, 0.2) is 40.4 Å². The topological polar surface area (TPSA) is 345 Å². The van der Waals surface area contributed by atoms with E-state index in [4.69, 9.17) is 28.7 Å². The van der Waals surface area contributed by atoms with Crippen molar-refractivity contribution in [2.45, 2.75) is 122 Å². The van der Waals surface area contributed by atoms with E-state index in [1.54, 1.807) is 13.1 Å². The number of benzene rings is 1. The second-order valence-corrected chi connectivity index (χ2v) is 15.8. The first-order valence-corrected chi connectivity index (χ1v) is 20.6. The summed E-state index contributed by atoms with van der Waals surface area (Å²) in [6.07, 6.45) is 4.32. The second-order valence-electron chi connectivity index (χ2n) is 15.8. The van der Waals surface area contributed by atoms with Crippen LogP contribution in [0.4, 0.5) is 0 Å². The fraction of sp³-hybridized carbons (Fsp3) is 0.600. The van der Waals surface area contributed by atoms with Crippen molar-refractivity contribution in [2.75, 3.05) is 19.6 Å². The zero-order valence-corrected chi connectivity index (χ0v) is 35.1. The summed E-state index contributed by atoms with van der Waals surface area (Å²) < 4.78 is 0. The average molecular weight is 840 g/mol. The zero-order valence-electron chi connectivity index (χ0n) is 35.1. The molecule has 16 N–H and O–H groups in total. The summed E-state index contributed by atoms with van der Waals surface area (Å²) in [6, 6.07) is 0.828. The van der Waals surface area contributed by atoms with Gasteiger partial charge in [-0.1, -0.05) is 46.2 Å². The van der Waals surface area contributed by atoms with Crippen LogP contribution in [-0.4, -0.2) is 118 Å². The SMILES string of the molecule is CC[C@H](C)[C@H](NC(=O)[C@H](Cc1cccc2[nH]ccc12)NC(=O)[C@@H]1CCCN1C(=O)[C@H](CCCN=C(N)N)NC(=O)[C@@H](N)CCCN=C(N)N)C(=O)N[C@@H](CC(C)C)C(=O)O. The van der Waals surface area contributed by atoms with E-state index in [0.29, 0.717) is 25.7 Å². The minimum absolute atomic E-state index is 0.0255. The number of carboxylic acids is 1. The highest BCUT2D eigenvalue weighted by molar-refractivity contribution is 5.97. The predicted octanol–water partition coefficient (Wildman–Crippen LogP) is -0.748. The van der Waals surface area contributed by atoms with Crippen molar-refractivity contribution in [1.82, 2.24) is 31.2 Å². The van der Waals surface area contributed by atoms with Crippen LogP contribution in [0.1, 0.15) is 84.6 Å². The molecule has 0 unspecified atom stereocenters. The molecule has 7 atom stereocenters. The summed E-state index contributed by atoms with van der Waals surface area (Å²) in [5.41, 5.74) is 29.4. The Morgan fingerprint density at radius 2 is 1.50 bits per heavy atom. The molecule has 0 aliphatic carbocycles. The summed E-state index contributed by atoms with van der Waals surface area (Å²) in [5, 5.41) is 21.7. The number of carboxylic acid groups (broad SMARTS) is 1. The number of aliphatic carboxylic acids is 1. The van der Waals surface area contributed by atoms with Crippen molar-refractivity contribution in [2.24, 2.45) is 50.5 Å². The molecule has 5 amide bonds. The number of carbonyl (C=O) groups is 6. The van der Waals surface area contributed by atoms with Crippen LogP contribution in [-0.2, 0) is 35.2 Å². The zero-order chi connectivity index (χ0) is 44.5. The smallest absolute Gasteiger partial charge is 0.326 e. The van der Waals surface area contributed by atoms with Gasteiger partial charge in [0.15, 0.2) is 11.9 Å². The van der Waals surface area contributed by atoms with Crippen LogP contribution in [0.3, 0.4) is 0 Å². The molecule has 1 fully saturated rings. The summed E-state index contributed by atoms with van der Waals surface area (Å²) in [4.78, 5) is 94.1. The number of carbonyl (C=O) groups excluding carboxylic acids is 5. The van der Waals surface area contributed by atoms with Crippen molar-refractivity contribution in [3.8, 4) is 0 Å². The lowest BCUT2D eigenvalue weighted by atomic mass is 9.95. The molecule has 332 valence electrons. The third kappa shape index (κ3) is 14.7. The van der Waals surface area contributed by atoms with E-state index in [0.717, 1.165) is 16.5 Å². The predicted molar refractivity (Wildman–Crippen MR) is 229 cm³/mol. The van der Waals surface area contributed by atoms with E-state index < -0.39 is 77.7 Å². The third-order valence-electron chi connectivity index (χ3n) is 10.6. The summed E-state index contributed by atoms with van der Waals surface area (Å²) in [6.45, 7) is 7.96. The van der Waals surface area contributed by atoms with Gasteiger partial charge < -0.3 is 64.9 Å². The number of guanidine groups is 2. The lowest BCUT2D eigenvalue weighted by molar-refractivity contribution is -0.143. The maximum Gasteiger partial charge on any atom is 0.326 e. The highest BCUT2D eigenvalue weighted by Gasteiger charge is 2.40. The number of nitrogens with two attached hydrogens (primary N) is 5. The second kappa shape index (κ2) is 23.6. The quantitative estimate of drug-likeness (QED) is 0.0354. The van der Waals surface area contributed by atoms with Crippen LogP contribution < -0.4 is 49.9 Å². The largest absolute Gasteiger partial charge is 0.480 e. The van der Waals surface area contributed by atoms with Gasteiger partial charge in [-0.3, -0.25) is 34.0 Å². The van der Waals surface area contributed by atoms with Crippen LogP contribution in [0.2, 0.25) is 0 Å². The average Bonchev–Trinajstić information content (AvgIpc) is 3.89. The Labute approximate surface area is 350 Å². The van der Waals surface area contributed by atoms with Crippen molar-refractivity contribution >= 4 is 58.3 Å². The molecule has 1 aliphatic heterocycles. The van der Waals surface area contributed by atoms with Gasteiger partial charge in [0.2, 0.25) is 29.5 Å². The summed E-state index contributed by atoms with van der Waals surface area (Å²) >= 11 is 0. The molecule has 1 aromatic carbocycles. The molecule has 60 heavy (non-hydrogen) atoms. The van der Waals surface area contributed by atoms with Gasteiger partial charge in [-0.15, -0.1) is 0 Å². The van der Waals surface area contributed by atoms with Gasteiger partial charge in [-0.2, -0.15) is 0 Å². The van der Waals surface area contributed by atoms with Crippen LogP contribution >= 0.6 is 0 Å². The third-order valence-corrected chi connectivity index (χ3v) is 10.6. The number of aromatic amines is 1. The van der Waals surface area contributed by atoms with E-state index >= 15 is 0 Å². The minimum Gasteiger partial charge on any atom is -0.480 e. The van der Waals surface area contributed by atoms with Gasteiger partial charge in [0.1, 0.15) is 30.2 Å². The number of H-pyrrole nitrogens is 1. The Morgan fingerprint density at radius 1 is 0.850 bits per heavy atom. The van der Waals surface area contributed by atoms with Gasteiger partial charge in [0.05, 0.1) is 6.04 Å². The van der Waals surface area contributed by atoms with Crippen molar-refractivity contribution in [3.63, 3.8) is 0 Å². The Bertz CT molecular complexity index is 1840. The fourth-order valence-electron chi connectivity index (χ4n) is 7.13. The number of rotatable bonds is 24. The number of fused-ring (bicyclic) bond motifs is 1. The molecule has 3 rings (SSSR count). The van der Waals surface area contributed by atoms with Crippen LogP contribution in [0.5, 0.6) is 0 Å². The molecule has 1 saturated heterocycles. The molecule has 0 radical (unpaired) electrons. The first kappa shape index (κ1) is 48.4. The normalized spacial score (nSPS) is 16.8. The number of nitrogens with zero attached hydrogens (tertiary/aromatic N) is 3. The van der Waals surface area contributed by atoms with Gasteiger partial charge in [-0.25, -0.2) is 4.79 Å². The molecule has 0 saturated carbocycles. The number of amides is 5. The van der Waals surface area contributed by atoms with E-state index in [-0.39, 0.29) is 69.6 Å². The molecular formula is C40H65N13O7. The number of likely N-dealkylation sites (tertiary alicyclic amines) is 1. The lowest BCUT2D eigenvalue weighted by Crippen LogP contribution is -2.60. The van der Waals surface area contributed by atoms with E-state index in [9.17, 15) is 33.9 Å². The molecule has 2 aromatic rings. The first-order valence-electron chi connectivity index (χ1n) is 20.6. The highest BCUT2D eigenvalue weighted by atomic mass is 16.4. The fourth-order valence-corrected chi connectivity index (χ4v) is 7.13. The van der Waals surface area contributed by atoms with Gasteiger partial charge >= 0.3 is 5.97 Å². The molecule has 2 heterocycles. The van der Waals surface area contributed by atoms with E-state index in [1.165, 1.54) is 4.90 Å². The molecule has 1 aliphatic rings.